The fourth-order valence-corrected chi connectivity index (χ4v) is 1.43. The van der Waals surface area contributed by atoms with E-state index in [-0.39, 0.29) is 6.42 Å². The molecule has 0 saturated heterocycles. The number of nitrogens with one attached hydrogen (secondary N) is 2. The van der Waals surface area contributed by atoms with Gasteiger partial charge in [-0.15, -0.1) is 0 Å². The van der Waals surface area contributed by atoms with Crippen molar-refractivity contribution < 1.29 is 19.1 Å². The van der Waals surface area contributed by atoms with Crippen LogP contribution in [0.3, 0.4) is 0 Å². The third-order valence-electron chi connectivity index (χ3n) is 2.33. The van der Waals surface area contributed by atoms with Gasteiger partial charge in [-0.05, 0) is 24.6 Å². The van der Waals surface area contributed by atoms with E-state index < -0.39 is 23.9 Å². The summed E-state index contributed by atoms with van der Waals surface area (Å²) in [6.45, 7) is 1.77. The minimum absolute atomic E-state index is 0.146. The van der Waals surface area contributed by atoms with E-state index in [1.165, 1.54) is 18.2 Å². The molecular formula is C12H15FN2O3. The molecule has 1 rings (SSSR count). The number of carbonyl (C=O) groups excluding carboxylic acids is 1. The number of hydrogen-bond donors (Lipinski definition) is 3. The number of halogens is 1. The van der Waals surface area contributed by atoms with Crippen LogP contribution in [0.5, 0.6) is 0 Å². The van der Waals surface area contributed by atoms with E-state index in [1.54, 1.807) is 13.0 Å². The lowest BCUT2D eigenvalue weighted by atomic mass is 10.1. The Bertz CT molecular complexity index is 437. The molecule has 3 N–H and O–H groups in total. The Balaban J connectivity index is 2.52. The van der Waals surface area contributed by atoms with Crippen LogP contribution in [-0.4, -0.2) is 23.1 Å². The number of aliphatic carboxylic acids is 1. The maximum absolute atomic E-state index is 12.9. The van der Waals surface area contributed by atoms with Crippen molar-refractivity contribution in [2.75, 3.05) is 5.32 Å². The molecule has 6 heteroatoms. The Morgan fingerprint density at radius 1 is 1.44 bits per heavy atom. The standard InChI is InChI=1S/C12H15FN2O3/c1-2-9(7-11(16)17)14-12(18)15-10-5-3-4-8(13)6-10/h3-6,9H,2,7H2,1H3,(H,16,17)(H2,14,15,18). The Morgan fingerprint density at radius 2 is 2.17 bits per heavy atom. The summed E-state index contributed by atoms with van der Waals surface area (Å²) in [6, 6.07) is 4.46. The maximum Gasteiger partial charge on any atom is 0.319 e. The molecule has 0 fully saturated rings. The van der Waals surface area contributed by atoms with Crippen LogP contribution in [0.15, 0.2) is 24.3 Å². The Morgan fingerprint density at radius 3 is 2.72 bits per heavy atom. The average molecular weight is 254 g/mol. The molecule has 1 aromatic rings. The number of anilines is 1. The molecule has 0 aliphatic carbocycles. The first-order chi connectivity index (χ1) is 8.51. The van der Waals surface area contributed by atoms with Gasteiger partial charge < -0.3 is 15.7 Å². The predicted molar refractivity (Wildman–Crippen MR) is 64.9 cm³/mol. The van der Waals surface area contributed by atoms with Gasteiger partial charge in [-0.3, -0.25) is 4.79 Å². The molecule has 0 heterocycles. The molecular weight excluding hydrogens is 239 g/mol. The van der Waals surface area contributed by atoms with Crippen LogP contribution in [0.4, 0.5) is 14.9 Å². The van der Waals surface area contributed by atoms with Crippen molar-refractivity contribution in [2.24, 2.45) is 0 Å². The van der Waals surface area contributed by atoms with E-state index in [2.05, 4.69) is 10.6 Å². The highest BCUT2D eigenvalue weighted by Crippen LogP contribution is 2.09. The van der Waals surface area contributed by atoms with Gasteiger partial charge in [0.15, 0.2) is 0 Å². The first kappa shape index (κ1) is 14.0. The second-order valence-electron chi connectivity index (χ2n) is 3.81. The lowest BCUT2D eigenvalue weighted by molar-refractivity contribution is -0.137. The summed E-state index contributed by atoms with van der Waals surface area (Å²) in [4.78, 5) is 22.1. The molecule has 18 heavy (non-hydrogen) atoms. The fraction of sp³-hybridized carbons (Fsp3) is 0.333. The van der Waals surface area contributed by atoms with Gasteiger partial charge in [0.1, 0.15) is 5.82 Å². The number of urea groups is 1. The number of carbonyl (C=O) groups is 2. The zero-order valence-corrected chi connectivity index (χ0v) is 9.94. The van der Waals surface area contributed by atoms with Gasteiger partial charge in [0.05, 0.1) is 6.42 Å². The van der Waals surface area contributed by atoms with Crippen molar-refractivity contribution in [3.8, 4) is 0 Å². The number of amides is 2. The molecule has 0 spiro atoms. The van der Waals surface area contributed by atoms with Gasteiger partial charge in [0.25, 0.3) is 0 Å². The molecule has 0 saturated carbocycles. The molecule has 0 aliphatic heterocycles. The van der Waals surface area contributed by atoms with Gasteiger partial charge in [0.2, 0.25) is 0 Å². The summed E-state index contributed by atoms with van der Waals surface area (Å²) >= 11 is 0. The predicted octanol–water partition coefficient (Wildman–Crippen LogP) is 2.20. The normalized spacial score (nSPS) is 11.7. The van der Waals surface area contributed by atoms with E-state index in [4.69, 9.17) is 5.11 Å². The first-order valence-electron chi connectivity index (χ1n) is 5.56. The van der Waals surface area contributed by atoms with Crippen molar-refractivity contribution in [3.05, 3.63) is 30.1 Å². The fourth-order valence-electron chi connectivity index (χ4n) is 1.43. The monoisotopic (exact) mass is 254 g/mol. The summed E-state index contributed by atoms with van der Waals surface area (Å²) in [6.07, 6.45) is 0.357. The summed E-state index contributed by atoms with van der Waals surface area (Å²) in [5.41, 5.74) is 0.317. The Labute approximate surface area is 104 Å². The van der Waals surface area contributed by atoms with Crippen LogP contribution in [0.2, 0.25) is 0 Å². The molecule has 2 amide bonds. The third kappa shape index (κ3) is 4.82. The average Bonchev–Trinajstić information content (AvgIpc) is 2.27. The smallest absolute Gasteiger partial charge is 0.319 e. The van der Waals surface area contributed by atoms with Crippen LogP contribution in [0.1, 0.15) is 19.8 Å². The van der Waals surface area contributed by atoms with E-state index in [1.807, 2.05) is 0 Å². The van der Waals surface area contributed by atoms with Crippen LogP contribution in [0, 0.1) is 5.82 Å². The number of carboxylic acid groups (broad SMARTS) is 1. The van der Waals surface area contributed by atoms with Gasteiger partial charge in [-0.25, -0.2) is 9.18 Å². The molecule has 5 nitrogen and oxygen atoms in total. The summed E-state index contributed by atoms with van der Waals surface area (Å²) in [7, 11) is 0. The first-order valence-corrected chi connectivity index (χ1v) is 5.56. The third-order valence-corrected chi connectivity index (χ3v) is 2.33. The SMILES string of the molecule is CCC(CC(=O)O)NC(=O)Nc1cccc(F)c1. The minimum atomic E-state index is -0.979. The molecule has 0 aromatic heterocycles. The maximum atomic E-state index is 12.9. The highest BCUT2D eigenvalue weighted by atomic mass is 19.1. The quantitative estimate of drug-likeness (QED) is 0.753. The van der Waals surface area contributed by atoms with Crippen molar-refractivity contribution in [1.82, 2.24) is 5.32 Å². The Kier molecular flexibility index (Phi) is 5.10. The van der Waals surface area contributed by atoms with E-state index in [9.17, 15) is 14.0 Å². The second kappa shape index (κ2) is 6.58. The highest BCUT2D eigenvalue weighted by Gasteiger charge is 2.13. The number of hydrogen-bond acceptors (Lipinski definition) is 2. The number of benzene rings is 1. The molecule has 0 aliphatic rings. The summed E-state index contributed by atoms with van der Waals surface area (Å²) in [5, 5.41) is 13.6. The minimum Gasteiger partial charge on any atom is -0.481 e. The highest BCUT2D eigenvalue weighted by molar-refractivity contribution is 5.89. The van der Waals surface area contributed by atoms with Crippen molar-refractivity contribution in [1.29, 1.82) is 0 Å². The number of rotatable bonds is 5. The van der Waals surface area contributed by atoms with Crippen LogP contribution < -0.4 is 10.6 Å². The molecule has 0 bridgehead atoms. The van der Waals surface area contributed by atoms with E-state index in [0.29, 0.717) is 12.1 Å². The summed E-state index contributed by atoms with van der Waals surface area (Å²) in [5.74, 6) is -1.43. The Hall–Kier alpha value is -2.11. The molecule has 1 aromatic carbocycles. The molecule has 1 atom stereocenters. The molecule has 0 radical (unpaired) electrons. The zero-order valence-electron chi connectivity index (χ0n) is 9.94. The summed E-state index contributed by atoms with van der Waals surface area (Å²) < 4.78 is 12.9. The molecule has 1 unspecified atom stereocenters. The second-order valence-corrected chi connectivity index (χ2v) is 3.81. The van der Waals surface area contributed by atoms with Gasteiger partial charge in [-0.2, -0.15) is 0 Å². The van der Waals surface area contributed by atoms with Gasteiger partial charge in [-0.1, -0.05) is 13.0 Å². The van der Waals surface area contributed by atoms with Crippen LogP contribution in [0.25, 0.3) is 0 Å². The van der Waals surface area contributed by atoms with Crippen molar-refractivity contribution in [3.63, 3.8) is 0 Å². The lowest BCUT2D eigenvalue weighted by Crippen LogP contribution is -2.38. The van der Waals surface area contributed by atoms with E-state index >= 15 is 0 Å². The molecule has 98 valence electrons. The lowest BCUT2D eigenvalue weighted by Gasteiger charge is -2.15. The van der Waals surface area contributed by atoms with Gasteiger partial charge >= 0.3 is 12.0 Å². The van der Waals surface area contributed by atoms with E-state index in [0.717, 1.165) is 0 Å². The van der Waals surface area contributed by atoms with Crippen LogP contribution >= 0.6 is 0 Å². The topological polar surface area (TPSA) is 78.4 Å². The van der Waals surface area contributed by atoms with Crippen molar-refractivity contribution >= 4 is 17.7 Å². The largest absolute Gasteiger partial charge is 0.481 e. The van der Waals surface area contributed by atoms with Crippen LogP contribution in [-0.2, 0) is 4.79 Å². The van der Waals surface area contributed by atoms with Gasteiger partial charge in [0, 0.05) is 11.7 Å². The number of carboxylic acids is 1. The zero-order chi connectivity index (χ0) is 13.5. The van der Waals surface area contributed by atoms with Crippen molar-refractivity contribution in [2.45, 2.75) is 25.8 Å².